The molecule has 3 radical (unpaired) electrons. The molecule has 1 N–H and O–H groups in total. The minimum absolute atomic E-state index is 0. The van der Waals surface area contributed by atoms with Gasteiger partial charge in [0.1, 0.15) is 0 Å². The average molecular weight is 140 g/mol. The Labute approximate surface area is 67.2 Å². The van der Waals surface area contributed by atoms with Crippen LogP contribution >= 0.6 is 0 Å². The van der Waals surface area contributed by atoms with Gasteiger partial charge in [-0.25, -0.2) is 0 Å². The van der Waals surface area contributed by atoms with Crippen LogP contribution in [0.15, 0.2) is 0 Å². The second kappa shape index (κ2) is 11.8. The molecule has 0 amide bonds. The van der Waals surface area contributed by atoms with Crippen molar-refractivity contribution in [2.24, 2.45) is 0 Å². The first-order valence-electron chi connectivity index (χ1n) is 4.12. The molecule has 0 rings (SSSR count). The van der Waals surface area contributed by atoms with Crippen molar-refractivity contribution in [2.75, 3.05) is 13.1 Å². The first-order chi connectivity index (χ1) is 4.41. The van der Waals surface area contributed by atoms with Crippen molar-refractivity contribution >= 4 is 8.41 Å². The van der Waals surface area contributed by atoms with Gasteiger partial charge < -0.3 is 5.32 Å². The van der Waals surface area contributed by atoms with Crippen LogP contribution in [0.25, 0.3) is 0 Å². The Bertz CT molecular complexity index is 42.5. The Balaban J connectivity index is 0. The molecule has 0 atom stereocenters. The number of rotatable bonds is 6. The van der Waals surface area contributed by atoms with E-state index in [-0.39, 0.29) is 8.41 Å². The van der Waals surface area contributed by atoms with Gasteiger partial charge in [0.2, 0.25) is 0 Å². The van der Waals surface area contributed by atoms with Crippen LogP contribution in [-0.4, -0.2) is 21.5 Å². The smallest absolute Gasteiger partial charge is 0 e. The van der Waals surface area contributed by atoms with Gasteiger partial charge in [-0.05, 0) is 25.9 Å². The normalized spacial score (nSPS) is 9.00. The fourth-order valence-electron chi connectivity index (χ4n) is 0.729. The second-order valence-electron chi connectivity index (χ2n) is 2.46. The third kappa shape index (κ3) is 10.9. The molecule has 59 valence electrons. The van der Waals surface area contributed by atoms with Gasteiger partial charge in [0.05, 0.1) is 0 Å². The maximum Gasteiger partial charge on any atom is 0 e. The van der Waals surface area contributed by atoms with Gasteiger partial charge >= 0.3 is 0 Å². The third-order valence-electron chi connectivity index (χ3n) is 1.41. The predicted octanol–water partition coefficient (Wildman–Crippen LogP) is 1.80. The molecule has 0 saturated heterocycles. The lowest BCUT2D eigenvalue weighted by atomic mass is 10.3. The van der Waals surface area contributed by atoms with Crippen molar-refractivity contribution < 1.29 is 0 Å². The molecule has 0 saturated carbocycles. The fraction of sp³-hybridized carbons (Fsp3) is 1.00. The zero-order chi connectivity index (χ0) is 6.95. The first kappa shape index (κ1) is 12.7. The summed E-state index contributed by atoms with van der Waals surface area (Å²) in [5.41, 5.74) is 0. The van der Waals surface area contributed by atoms with E-state index in [4.69, 9.17) is 0 Å². The molecule has 0 unspecified atom stereocenters. The summed E-state index contributed by atoms with van der Waals surface area (Å²) in [5.74, 6) is 0. The Hall–Kier alpha value is 0.0249. The third-order valence-corrected chi connectivity index (χ3v) is 1.41. The molecule has 0 aliphatic heterocycles. The predicted molar refractivity (Wildman–Crippen MR) is 48.4 cm³/mol. The van der Waals surface area contributed by atoms with E-state index in [0.717, 1.165) is 0 Å². The molecule has 0 aromatic carbocycles. The highest BCUT2D eigenvalue weighted by Crippen LogP contribution is 1.85. The molecule has 0 aliphatic carbocycles. The van der Waals surface area contributed by atoms with Gasteiger partial charge in [-0.3, -0.25) is 0 Å². The summed E-state index contributed by atoms with van der Waals surface area (Å²) in [6.45, 7) is 6.86. The molecule has 0 aromatic heterocycles. The molecule has 2 heteroatoms. The van der Waals surface area contributed by atoms with E-state index < -0.39 is 0 Å². The van der Waals surface area contributed by atoms with E-state index >= 15 is 0 Å². The fourth-order valence-corrected chi connectivity index (χ4v) is 0.729. The summed E-state index contributed by atoms with van der Waals surface area (Å²) < 4.78 is 0. The number of hydrogen-bond donors (Lipinski definition) is 1. The maximum absolute atomic E-state index is 3.39. The highest BCUT2D eigenvalue weighted by atomic mass is 14.8. The van der Waals surface area contributed by atoms with Crippen molar-refractivity contribution in [2.45, 2.75) is 39.5 Å². The highest BCUT2D eigenvalue weighted by Gasteiger charge is 1.83. The Kier molecular flexibility index (Phi) is 14.9. The topological polar surface area (TPSA) is 12.0 Å². The zero-order valence-electron chi connectivity index (χ0n) is 7.32. The van der Waals surface area contributed by atoms with Crippen LogP contribution in [0.1, 0.15) is 39.5 Å². The Morgan fingerprint density at radius 1 is 0.900 bits per heavy atom. The van der Waals surface area contributed by atoms with Crippen molar-refractivity contribution in [3.8, 4) is 0 Å². The van der Waals surface area contributed by atoms with E-state index in [9.17, 15) is 0 Å². The molecule has 1 nitrogen and oxygen atoms in total. The van der Waals surface area contributed by atoms with Gasteiger partial charge in [-0.2, -0.15) is 0 Å². The summed E-state index contributed by atoms with van der Waals surface area (Å²) in [6, 6.07) is 0. The molecule has 0 heterocycles. The summed E-state index contributed by atoms with van der Waals surface area (Å²) in [5, 5.41) is 3.39. The van der Waals surface area contributed by atoms with Crippen molar-refractivity contribution in [1.29, 1.82) is 0 Å². The van der Waals surface area contributed by atoms with E-state index in [1.54, 1.807) is 0 Å². The van der Waals surface area contributed by atoms with Gasteiger partial charge in [-0.1, -0.05) is 26.7 Å². The molecular formula is C8H19BN. The van der Waals surface area contributed by atoms with Crippen LogP contribution in [0, 0.1) is 0 Å². The van der Waals surface area contributed by atoms with E-state index in [1.165, 1.54) is 38.8 Å². The van der Waals surface area contributed by atoms with Crippen molar-refractivity contribution in [3.05, 3.63) is 0 Å². The summed E-state index contributed by atoms with van der Waals surface area (Å²) in [4.78, 5) is 0. The minimum atomic E-state index is 0. The Morgan fingerprint density at radius 2 is 1.30 bits per heavy atom. The van der Waals surface area contributed by atoms with Gasteiger partial charge in [0.15, 0.2) is 0 Å². The molecule has 10 heavy (non-hydrogen) atoms. The molecule has 0 aromatic rings. The van der Waals surface area contributed by atoms with Gasteiger partial charge in [0, 0.05) is 8.41 Å². The molecule has 0 aliphatic rings. The largest absolute Gasteiger partial charge is 0.317 e. The van der Waals surface area contributed by atoms with Crippen molar-refractivity contribution in [1.82, 2.24) is 5.32 Å². The summed E-state index contributed by atoms with van der Waals surface area (Å²) >= 11 is 0. The standard InChI is InChI=1S/C8H19N.B/c1-3-5-7-9-8-6-4-2;/h9H,3-8H2,1-2H3;. The second-order valence-corrected chi connectivity index (χ2v) is 2.46. The van der Waals surface area contributed by atoms with Crippen LogP contribution in [0.3, 0.4) is 0 Å². The monoisotopic (exact) mass is 140 g/mol. The van der Waals surface area contributed by atoms with Gasteiger partial charge in [0.25, 0.3) is 0 Å². The van der Waals surface area contributed by atoms with Crippen LogP contribution in [0.4, 0.5) is 0 Å². The van der Waals surface area contributed by atoms with Crippen molar-refractivity contribution in [3.63, 3.8) is 0 Å². The summed E-state index contributed by atoms with van der Waals surface area (Å²) in [7, 11) is 0. The van der Waals surface area contributed by atoms with Crippen LogP contribution in [0.5, 0.6) is 0 Å². The lowest BCUT2D eigenvalue weighted by Gasteiger charge is -1.99. The molecular weight excluding hydrogens is 121 g/mol. The highest BCUT2D eigenvalue weighted by molar-refractivity contribution is 5.75. The lowest BCUT2D eigenvalue weighted by Crippen LogP contribution is -2.15. The number of hydrogen-bond acceptors (Lipinski definition) is 1. The maximum atomic E-state index is 3.39. The Morgan fingerprint density at radius 3 is 1.60 bits per heavy atom. The minimum Gasteiger partial charge on any atom is -0.317 e. The van der Waals surface area contributed by atoms with Crippen LogP contribution in [0.2, 0.25) is 0 Å². The SMILES string of the molecule is CCCCNCCCC.[B]. The van der Waals surface area contributed by atoms with E-state index in [0.29, 0.717) is 0 Å². The van der Waals surface area contributed by atoms with Crippen LogP contribution < -0.4 is 5.32 Å². The number of nitrogens with one attached hydrogen (secondary N) is 1. The quantitative estimate of drug-likeness (QED) is 0.438. The van der Waals surface area contributed by atoms with E-state index in [2.05, 4.69) is 19.2 Å². The first-order valence-corrected chi connectivity index (χ1v) is 4.12. The summed E-state index contributed by atoms with van der Waals surface area (Å²) in [6.07, 6.45) is 5.26. The molecule has 0 spiro atoms. The molecule has 0 bridgehead atoms. The molecule has 0 fully saturated rings. The van der Waals surface area contributed by atoms with Crippen LogP contribution in [-0.2, 0) is 0 Å². The zero-order valence-corrected chi connectivity index (χ0v) is 7.32. The van der Waals surface area contributed by atoms with E-state index in [1.807, 2.05) is 0 Å². The number of unbranched alkanes of at least 4 members (excludes halogenated alkanes) is 2. The lowest BCUT2D eigenvalue weighted by molar-refractivity contribution is 0.611. The van der Waals surface area contributed by atoms with Gasteiger partial charge in [-0.15, -0.1) is 0 Å². The average Bonchev–Trinajstić information content (AvgIpc) is 1.89.